The zero-order valence-corrected chi connectivity index (χ0v) is 12.2. The van der Waals surface area contributed by atoms with Gasteiger partial charge in [0.1, 0.15) is 0 Å². The number of benzene rings is 1. The van der Waals surface area contributed by atoms with E-state index in [2.05, 4.69) is 13.8 Å². The number of hydrogen-bond donors (Lipinski definition) is 0. The molecule has 0 bridgehead atoms. The van der Waals surface area contributed by atoms with Crippen molar-refractivity contribution in [2.45, 2.75) is 25.9 Å². The predicted molar refractivity (Wildman–Crippen MR) is 74.6 cm³/mol. The molecule has 5 heteroatoms. The number of carbonyl (C=O) groups excluding carboxylic acids is 1. The van der Waals surface area contributed by atoms with E-state index in [-0.39, 0.29) is 33.0 Å². The maximum absolute atomic E-state index is 11.9. The molecule has 0 amide bonds. The molecule has 16 heavy (non-hydrogen) atoms. The van der Waals surface area contributed by atoms with Crippen LogP contribution in [0.3, 0.4) is 0 Å². The van der Waals surface area contributed by atoms with Crippen molar-refractivity contribution in [3.8, 4) is 0 Å². The van der Waals surface area contributed by atoms with Gasteiger partial charge in [0.2, 0.25) is 0 Å². The first-order chi connectivity index (χ1) is 7.06. The van der Waals surface area contributed by atoms with Crippen molar-refractivity contribution in [2.75, 3.05) is 0 Å². The first-order valence-corrected chi connectivity index (χ1v) is 6.64. The van der Waals surface area contributed by atoms with Gasteiger partial charge in [-0.3, -0.25) is 4.79 Å². The van der Waals surface area contributed by atoms with E-state index in [9.17, 15) is 4.79 Å². The van der Waals surface area contributed by atoms with Crippen LogP contribution in [0.25, 0.3) is 0 Å². The smallest absolute Gasteiger partial charge is 0.184 e. The Morgan fingerprint density at radius 1 is 1.38 bits per heavy atom. The average molecular weight is 270 g/mol. The summed E-state index contributed by atoms with van der Waals surface area (Å²) in [6.07, 6.45) is 0.992. The Morgan fingerprint density at radius 3 is 2.31 bits per heavy atom. The fourth-order valence-electron chi connectivity index (χ4n) is 1.11. The second-order valence-electron chi connectivity index (χ2n) is 3.38. The van der Waals surface area contributed by atoms with Crippen LogP contribution in [0, 0.1) is 0 Å². The van der Waals surface area contributed by atoms with E-state index < -0.39 is 0 Å². The summed E-state index contributed by atoms with van der Waals surface area (Å²) in [7, 11) is 0.242. The van der Waals surface area contributed by atoms with Crippen LogP contribution in [0.2, 0.25) is 10.0 Å². The minimum Gasteiger partial charge on any atom is -0.289 e. The van der Waals surface area contributed by atoms with Gasteiger partial charge in [0, 0.05) is 18.9 Å². The fraction of sp³-hybridized carbons (Fsp3) is 0.364. The van der Waals surface area contributed by atoms with Crippen molar-refractivity contribution in [3.05, 3.63) is 33.8 Å². The van der Waals surface area contributed by atoms with Crippen molar-refractivity contribution in [3.63, 3.8) is 0 Å². The average Bonchev–Trinajstić information content (AvgIpc) is 2.17. The SMILES string of the molecule is CCC(C)PC(=O)c1c(Cl)cccc1Cl.[Li]. The molecule has 83 valence electrons. The molecule has 0 saturated heterocycles. The van der Waals surface area contributed by atoms with Crippen molar-refractivity contribution in [1.29, 1.82) is 0 Å². The Balaban J connectivity index is 0.00000225. The van der Waals surface area contributed by atoms with Crippen LogP contribution in [-0.4, -0.2) is 30.0 Å². The summed E-state index contributed by atoms with van der Waals surface area (Å²) in [6, 6.07) is 5.14. The number of hydrogen-bond acceptors (Lipinski definition) is 1. The van der Waals surface area contributed by atoms with E-state index in [0.29, 0.717) is 21.3 Å². The van der Waals surface area contributed by atoms with Crippen molar-refractivity contribution in [2.24, 2.45) is 0 Å². The summed E-state index contributed by atoms with van der Waals surface area (Å²) in [6.45, 7) is 4.13. The summed E-state index contributed by atoms with van der Waals surface area (Å²) in [5.41, 5.74) is 0.921. The molecule has 0 spiro atoms. The third kappa shape index (κ3) is 4.40. The van der Waals surface area contributed by atoms with Crippen LogP contribution < -0.4 is 0 Å². The molecule has 0 aliphatic heterocycles. The predicted octanol–water partition coefficient (Wildman–Crippen LogP) is 4.23. The molecule has 0 aromatic heterocycles. The fourth-order valence-corrected chi connectivity index (χ4v) is 2.91. The monoisotopic (exact) mass is 269 g/mol. The Hall–Kier alpha value is 0.497. The Kier molecular flexibility index (Phi) is 7.99. The van der Waals surface area contributed by atoms with Gasteiger partial charge < -0.3 is 0 Å². The Labute approximate surface area is 120 Å². The van der Waals surface area contributed by atoms with Crippen LogP contribution >= 0.6 is 31.8 Å². The molecule has 1 aromatic rings. The van der Waals surface area contributed by atoms with Crippen LogP contribution in [0.5, 0.6) is 0 Å². The van der Waals surface area contributed by atoms with Gasteiger partial charge in [-0.25, -0.2) is 0 Å². The van der Waals surface area contributed by atoms with Gasteiger partial charge >= 0.3 is 0 Å². The number of halogens is 2. The third-order valence-electron chi connectivity index (χ3n) is 2.18. The molecular weight excluding hydrogens is 257 g/mol. The number of carbonyl (C=O) groups is 1. The topological polar surface area (TPSA) is 17.1 Å². The maximum atomic E-state index is 11.9. The van der Waals surface area contributed by atoms with E-state index in [4.69, 9.17) is 23.2 Å². The van der Waals surface area contributed by atoms with Gasteiger partial charge in [-0.1, -0.05) is 43.1 Å². The standard InChI is InChI=1S/C11H13Cl2OP.Li/c1-3-7(2)15-11(14)10-8(12)5-4-6-9(10)13;/h4-7,15H,3H2,1-2H3;. The van der Waals surface area contributed by atoms with Crippen molar-refractivity contribution >= 4 is 56.2 Å². The Morgan fingerprint density at radius 2 is 1.88 bits per heavy atom. The minimum absolute atomic E-state index is 0. The molecule has 2 atom stereocenters. The summed E-state index contributed by atoms with van der Waals surface area (Å²) in [5.74, 6) is 0. The molecule has 1 rings (SSSR count). The Bertz CT molecular complexity index is 351. The normalized spacial score (nSPS) is 12.5. The van der Waals surface area contributed by atoms with E-state index in [1.807, 2.05) is 0 Å². The largest absolute Gasteiger partial charge is 0.289 e. The molecule has 1 radical (unpaired) electrons. The van der Waals surface area contributed by atoms with Crippen LogP contribution in [-0.2, 0) is 0 Å². The maximum Gasteiger partial charge on any atom is 0.184 e. The summed E-state index contributed by atoms with van der Waals surface area (Å²) in [5, 5.41) is 0.895. The molecule has 1 aromatic carbocycles. The van der Waals surface area contributed by atoms with Gasteiger partial charge in [-0.05, 0) is 32.8 Å². The first-order valence-electron chi connectivity index (χ1n) is 4.81. The molecule has 0 saturated carbocycles. The summed E-state index contributed by atoms with van der Waals surface area (Å²) < 4.78 is 0. The summed E-state index contributed by atoms with van der Waals surface area (Å²) >= 11 is 11.9. The minimum atomic E-state index is 0. The van der Waals surface area contributed by atoms with Crippen molar-refractivity contribution in [1.82, 2.24) is 0 Å². The second-order valence-corrected chi connectivity index (χ2v) is 5.92. The molecule has 0 aliphatic rings. The van der Waals surface area contributed by atoms with Crippen LogP contribution in [0.15, 0.2) is 18.2 Å². The quantitative estimate of drug-likeness (QED) is 0.591. The molecule has 0 heterocycles. The van der Waals surface area contributed by atoms with Gasteiger partial charge in [0.15, 0.2) is 5.52 Å². The third-order valence-corrected chi connectivity index (χ3v) is 4.22. The van der Waals surface area contributed by atoms with Gasteiger partial charge in [-0.15, -0.1) is 0 Å². The number of rotatable bonds is 4. The van der Waals surface area contributed by atoms with E-state index in [1.165, 1.54) is 0 Å². The van der Waals surface area contributed by atoms with E-state index in [0.717, 1.165) is 6.42 Å². The van der Waals surface area contributed by atoms with Crippen molar-refractivity contribution < 1.29 is 4.79 Å². The van der Waals surface area contributed by atoms with Gasteiger partial charge in [-0.2, -0.15) is 0 Å². The zero-order valence-electron chi connectivity index (χ0n) is 9.68. The van der Waals surface area contributed by atoms with Gasteiger partial charge in [0.05, 0.1) is 15.6 Å². The molecule has 0 fully saturated rings. The molecule has 0 N–H and O–H groups in total. The van der Waals surface area contributed by atoms with E-state index >= 15 is 0 Å². The van der Waals surface area contributed by atoms with Crippen LogP contribution in [0.1, 0.15) is 30.6 Å². The second kappa shape index (κ2) is 7.75. The van der Waals surface area contributed by atoms with E-state index in [1.54, 1.807) is 18.2 Å². The molecular formula is C11H13Cl2LiOP. The molecule has 0 aliphatic carbocycles. The first kappa shape index (κ1) is 16.5. The zero-order chi connectivity index (χ0) is 11.4. The van der Waals surface area contributed by atoms with Crippen LogP contribution in [0.4, 0.5) is 0 Å². The summed E-state index contributed by atoms with van der Waals surface area (Å²) in [4.78, 5) is 11.9. The molecule has 2 unspecified atom stereocenters. The van der Waals surface area contributed by atoms with Gasteiger partial charge in [0.25, 0.3) is 0 Å². The molecule has 1 nitrogen and oxygen atoms in total.